The zero-order valence-electron chi connectivity index (χ0n) is 6.13. The molecule has 0 radical (unpaired) electrons. The number of anilines is 1. The van der Waals surface area contributed by atoms with E-state index in [-0.39, 0.29) is 0 Å². The fourth-order valence-electron chi connectivity index (χ4n) is 0.834. The van der Waals surface area contributed by atoms with Gasteiger partial charge in [0, 0.05) is 11.6 Å². The third kappa shape index (κ3) is 2.28. The summed E-state index contributed by atoms with van der Waals surface area (Å²) in [5.74, 6) is 0.522. The standard InChI is InChI=1S/C9H10ClN/c10-7-3-5-8-4-1-2-6-9(8)11/h1-6H,7,11H2. The predicted octanol–water partition coefficient (Wildman–Crippen LogP) is 2.52. The van der Waals surface area contributed by atoms with Crippen LogP contribution in [0.3, 0.4) is 0 Å². The van der Waals surface area contributed by atoms with Crippen molar-refractivity contribution in [3.8, 4) is 0 Å². The molecule has 0 saturated carbocycles. The first-order chi connectivity index (χ1) is 5.34. The van der Waals surface area contributed by atoms with E-state index < -0.39 is 0 Å². The molecule has 1 aromatic rings. The maximum Gasteiger partial charge on any atom is 0.0407 e. The summed E-state index contributed by atoms with van der Waals surface area (Å²) < 4.78 is 0. The first-order valence-corrected chi connectivity index (χ1v) is 3.95. The predicted molar refractivity (Wildman–Crippen MR) is 50.6 cm³/mol. The number of hydrogen-bond acceptors (Lipinski definition) is 1. The van der Waals surface area contributed by atoms with E-state index in [2.05, 4.69) is 0 Å². The average molecular weight is 168 g/mol. The molecule has 0 unspecified atom stereocenters. The van der Waals surface area contributed by atoms with Gasteiger partial charge >= 0.3 is 0 Å². The van der Waals surface area contributed by atoms with Crippen LogP contribution < -0.4 is 5.73 Å². The van der Waals surface area contributed by atoms with Gasteiger partial charge in [0.2, 0.25) is 0 Å². The van der Waals surface area contributed by atoms with Gasteiger partial charge in [0.25, 0.3) is 0 Å². The highest BCUT2D eigenvalue weighted by Gasteiger charge is 1.89. The van der Waals surface area contributed by atoms with E-state index in [1.165, 1.54) is 0 Å². The van der Waals surface area contributed by atoms with Crippen LogP contribution in [-0.2, 0) is 0 Å². The van der Waals surface area contributed by atoms with E-state index in [1.54, 1.807) is 0 Å². The maximum absolute atomic E-state index is 5.67. The molecule has 11 heavy (non-hydrogen) atoms. The number of nitrogen functional groups attached to an aromatic ring is 1. The van der Waals surface area contributed by atoms with Crippen molar-refractivity contribution in [1.82, 2.24) is 0 Å². The van der Waals surface area contributed by atoms with E-state index in [0.29, 0.717) is 5.88 Å². The summed E-state index contributed by atoms with van der Waals surface area (Å²) >= 11 is 5.48. The van der Waals surface area contributed by atoms with E-state index in [0.717, 1.165) is 11.3 Å². The van der Waals surface area contributed by atoms with E-state index in [1.807, 2.05) is 36.4 Å². The molecule has 0 bridgehead atoms. The minimum absolute atomic E-state index is 0.522. The van der Waals surface area contributed by atoms with Crippen molar-refractivity contribution in [2.75, 3.05) is 11.6 Å². The van der Waals surface area contributed by atoms with Gasteiger partial charge < -0.3 is 5.73 Å². The highest BCUT2D eigenvalue weighted by atomic mass is 35.5. The van der Waals surface area contributed by atoms with Gasteiger partial charge in [0.1, 0.15) is 0 Å². The Hall–Kier alpha value is -0.950. The average Bonchev–Trinajstić information content (AvgIpc) is 2.03. The Kier molecular flexibility index (Phi) is 2.99. The van der Waals surface area contributed by atoms with Gasteiger partial charge in [-0.05, 0) is 11.6 Å². The van der Waals surface area contributed by atoms with Crippen LogP contribution in [0.2, 0.25) is 0 Å². The highest BCUT2D eigenvalue weighted by molar-refractivity contribution is 6.19. The number of halogens is 1. The first kappa shape index (κ1) is 8.15. The number of rotatable bonds is 2. The molecule has 0 saturated heterocycles. The van der Waals surface area contributed by atoms with Gasteiger partial charge in [0.15, 0.2) is 0 Å². The van der Waals surface area contributed by atoms with Crippen molar-refractivity contribution >= 4 is 23.4 Å². The van der Waals surface area contributed by atoms with E-state index >= 15 is 0 Å². The summed E-state index contributed by atoms with van der Waals surface area (Å²) in [5.41, 5.74) is 7.47. The van der Waals surface area contributed by atoms with Crippen molar-refractivity contribution < 1.29 is 0 Å². The first-order valence-electron chi connectivity index (χ1n) is 3.41. The number of benzene rings is 1. The minimum atomic E-state index is 0.522. The summed E-state index contributed by atoms with van der Waals surface area (Å²) in [6.45, 7) is 0. The molecular formula is C9H10ClN. The van der Waals surface area contributed by atoms with E-state index in [9.17, 15) is 0 Å². The Morgan fingerprint density at radius 3 is 2.73 bits per heavy atom. The van der Waals surface area contributed by atoms with Gasteiger partial charge in [-0.15, -0.1) is 11.6 Å². The fourth-order valence-corrected chi connectivity index (χ4v) is 0.923. The third-order valence-electron chi connectivity index (χ3n) is 1.38. The number of hydrogen-bond donors (Lipinski definition) is 1. The Balaban J connectivity index is 2.86. The minimum Gasteiger partial charge on any atom is -0.398 e. The van der Waals surface area contributed by atoms with Crippen LogP contribution in [0.5, 0.6) is 0 Å². The molecule has 0 atom stereocenters. The number of para-hydroxylation sites is 1. The molecule has 0 aliphatic carbocycles. The summed E-state index contributed by atoms with van der Waals surface area (Å²) in [5, 5.41) is 0. The molecule has 1 rings (SSSR count). The molecule has 0 aliphatic rings. The van der Waals surface area contributed by atoms with E-state index in [4.69, 9.17) is 17.3 Å². The van der Waals surface area contributed by atoms with Crippen LogP contribution in [0, 0.1) is 0 Å². The quantitative estimate of drug-likeness (QED) is 0.532. The highest BCUT2D eigenvalue weighted by Crippen LogP contribution is 2.11. The third-order valence-corrected chi connectivity index (χ3v) is 1.56. The molecule has 1 nitrogen and oxygen atoms in total. The lowest BCUT2D eigenvalue weighted by Crippen LogP contribution is -1.87. The van der Waals surface area contributed by atoms with Gasteiger partial charge in [-0.1, -0.05) is 30.4 Å². The molecule has 0 aromatic heterocycles. The number of nitrogens with two attached hydrogens (primary N) is 1. The summed E-state index contributed by atoms with van der Waals surface area (Å²) in [7, 11) is 0. The number of alkyl halides is 1. The summed E-state index contributed by atoms with van der Waals surface area (Å²) in [6, 6.07) is 7.68. The van der Waals surface area contributed by atoms with Crippen molar-refractivity contribution in [1.29, 1.82) is 0 Å². The van der Waals surface area contributed by atoms with Crippen molar-refractivity contribution in [3.05, 3.63) is 35.9 Å². The second kappa shape index (κ2) is 4.04. The second-order valence-electron chi connectivity index (χ2n) is 2.19. The fraction of sp³-hybridized carbons (Fsp3) is 0.111. The lowest BCUT2D eigenvalue weighted by Gasteiger charge is -1.96. The zero-order valence-corrected chi connectivity index (χ0v) is 6.88. The molecule has 58 valence electrons. The zero-order chi connectivity index (χ0) is 8.10. The van der Waals surface area contributed by atoms with Crippen molar-refractivity contribution in [2.45, 2.75) is 0 Å². The molecular weight excluding hydrogens is 158 g/mol. The molecule has 0 heterocycles. The van der Waals surface area contributed by atoms with Crippen LogP contribution in [0.4, 0.5) is 5.69 Å². The second-order valence-corrected chi connectivity index (χ2v) is 2.49. The number of allylic oxidation sites excluding steroid dienone is 1. The Bertz CT molecular complexity index is 255. The molecule has 1 aromatic carbocycles. The molecule has 0 amide bonds. The lowest BCUT2D eigenvalue weighted by atomic mass is 10.2. The molecule has 2 N–H and O–H groups in total. The van der Waals surface area contributed by atoms with Crippen molar-refractivity contribution in [3.63, 3.8) is 0 Å². The molecule has 2 heteroatoms. The molecule has 0 spiro atoms. The Morgan fingerprint density at radius 2 is 2.09 bits per heavy atom. The van der Waals surface area contributed by atoms with Crippen LogP contribution in [0.15, 0.2) is 30.3 Å². The monoisotopic (exact) mass is 167 g/mol. The molecule has 0 fully saturated rings. The largest absolute Gasteiger partial charge is 0.398 e. The summed E-state index contributed by atoms with van der Waals surface area (Å²) in [6.07, 6.45) is 3.79. The smallest absolute Gasteiger partial charge is 0.0407 e. The maximum atomic E-state index is 5.67. The van der Waals surface area contributed by atoms with Crippen LogP contribution >= 0.6 is 11.6 Å². The van der Waals surface area contributed by atoms with Crippen molar-refractivity contribution in [2.24, 2.45) is 0 Å². The van der Waals surface area contributed by atoms with Crippen LogP contribution in [-0.4, -0.2) is 5.88 Å². The topological polar surface area (TPSA) is 26.0 Å². The lowest BCUT2D eigenvalue weighted by molar-refractivity contribution is 1.63. The Labute approximate surface area is 71.5 Å². The molecule has 0 aliphatic heterocycles. The van der Waals surface area contributed by atoms with Gasteiger partial charge in [-0.25, -0.2) is 0 Å². The van der Waals surface area contributed by atoms with Gasteiger partial charge in [-0.2, -0.15) is 0 Å². The SMILES string of the molecule is Nc1ccccc1C=CCCl. The van der Waals surface area contributed by atoms with Gasteiger partial charge in [-0.3, -0.25) is 0 Å². The van der Waals surface area contributed by atoms with Gasteiger partial charge in [0.05, 0.1) is 0 Å². The summed E-state index contributed by atoms with van der Waals surface area (Å²) in [4.78, 5) is 0. The Morgan fingerprint density at radius 1 is 1.36 bits per heavy atom. The van der Waals surface area contributed by atoms with Crippen LogP contribution in [0.25, 0.3) is 6.08 Å². The normalized spacial score (nSPS) is 10.6. The van der Waals surface area contributed by atoms with Crippen LogP contribution in [0.1, 0.15) is 5.56 Å².